The molecule has 2 aliphatic rings. The van der Waals surface area contributed by atoms with Gasteiger partial charge in [0, 0.05) is 31.7 Å². The van der Waals surface area contributed by atoms with Gasteiger partial charge in [0.2, 0.25) is 10.0 Å². The van der Waals surface area contributed by atoms with Crippen molar-refractivity contribution in [3.8, 4) is 0 Å². The fraction of sp³-hybridized carbons (Fsp3) is 0.500. The summed E-state index contributed by atoms with van der Waals surface area (Å²) in [5, 5.41) is 0. The average molecular weight is 417 g/mol. The Hall–Kier alpha value is -2.12. The van der Waals surface area contributed by atoms with Crippen LogP contribution in [0.3, 0.4) is 0 Å². The van der Waals surface area contributed by atoms with Crippen LogP contribution in [0.2, 0.25) is 0 Å². The third-order valence-electron chi connectivity index (χ3n) is 6.01. The zero-order valence-corrected chi connectivity index (χ0v) is 17.7. The highest BCUT2D eigenvalue weighted by atomic mass is 32.2. The summed E-state index contributed by atoms with van der Waals surface area (Å²) < 4.78 is 32.9. The summed E-state index contributed by atoms with van der Waals surface area (Å²) in [4.78, 5) is 15.1. The first kappa shape index (κ1) is 20.2. The maximum Gasteiger partial charge on any atom is 0.289 e. The van der Waals surface area contributed by atoms with Crippen LogP contribution in [0.4, 0.5) is 0 Å². The number of rotatable bonds is 6. The predicted octanol–water partition coefficient (Wildman–Crippen LogP) is 3.61. The molecule has 1 atom stereocenters. The first-order chi connectivity index (χ1) is 14.0. The molecule has 2 fully saturated rings. The number of likely N-dealkylation sites (tertiary alicyclic amines) is 1. The van der Waals surface area contributed by atoms with E-state index in [0.717, 1.165) is 38.5 Å². The van der Waals surface area contributed by atoms with E-state index in [9.17, 15) is 13.2 Å². The van der Waals surface area contributed by atoms with Gasteiger partial charge < -0.3 is 9.32 Å². The van der Waals surface area contributed by atoms with Crippen LogP contribution >= 0.6 is 0 Å². The molecule has 2 aliphatic heterocycles. The molecule has 0 N–H and O–H groups in total. The minimum Gasteiger partial charge on any atom is -0.455 e. The minimum absolute atomic E-state index is 0.128. The highest BCUT2D eigenvalue weighted by Gasteiger charge is 2.35. The highest BCUT2D eigenvalue weighted by molar-refractivity contribution is 7.89. The Labute approximate surface area is 172 Å². The zero-order chi connectivity index (χ0) is 20.4. The third-order valence-corrected chi connectivity index (χ3v) is 8.02. The van der Waals surface area contributed by atoms with E-state index in [1.165, 1.54) is 15.9 Å². The normalized spacial score (nSPS) is 20.4. The predicted molar refractivity (Wildman–Crippen MR) is 110 cm³/mol. The van der Waals surface area contributed by atoms with Crippen molar-refractivity contribution in [2.75, 3.05) is 19.6 Å². The molecule has 2 saturated heterocycles. The van der Waals surface area contributed by atoms with E-state index in [4.69, 9.17) is 4.42 Å². The summed E-state index contributed by atoms with van der Waals surface area (Å²) in [6.07, 6.45) is 5.49. The molecule has 29 heavy (non-hydrogen) atoms. The van der Waals surface area contributed by atoms with Crippen molar-refractivity contribution in [3.05, 3.63) is 53.5 Å². The highest BCUT2D eigenvalue weighted by Crippen LogP contribution is 2.29. The van der Waals surface area contributed by atoms with E-state index in [1.54, 1.807) is 6.92 Å². The summed E-state index contributed by atoms with van der Waals surface area (Å²) in [5.41, 5.74) is 1.26. The van der Waals surface area contributed by atoms with Crippen LogP contribution in [0.1, 0.15) is 54.0 Å². The third kappa shape index (κ3) is 4.12. The topological polar surface area (TPSA) is 70.8 Å². The van der Waals surface area contributed by atoms with E-state index in [-0.39, 0.29) is 22.6 Å². The molecule has 0 spiro atoms. The Morgan fingerprint density at radius 3 is 2.55 bits per heavy atom. The lowest BCUT2D eigenvalue weighted by molar-refractivity contribution is 0.0697. The maximum absolute atomic E-state index is 13.1. The Kier molecular flexibility index (Phi) is 5.79. The number of nitrogens with zero attached hydrogens (tertiary/aromatic N) is 2. The fourth-order valence-corrected chi connectivity index (χ4v) is 6.10. The van der Waals surface area contributed by atoms with E-state index in [1.807, 2.05) is 23.1 Å². The number of benzene rings is 1. The van der Waals surface area contributed by atoms with Gasteiger partial charge in [-0.05, 0) is 51.0 Å². The molecule has 0 bridgehead atoms. The quantitative estimate of drug-likeness (QED) is 0.721. The van der Waals surface area contributed by atoms with Gasteiger partial charge in [0.15, 0.2) is 5.76 Å². The summed E-state index contributed by atoms with van der Waals surface area (Å²) in [7, 11) is -3.60. The molecule has 6 nitrogen and oxygen atoms in total. The van der Waals surface area contributed by atoms with Gasteiger partial charge in [0.1, 0.15) is 10.7 Å². The van der Waals surface area contributed by atoms with Crippen molar-refractivity contribution in [1.82, 2.24) is 9.21 Å². The van der Waals surface area contributed by atoms with Crippen LogP contribution in [-0.2, 0) is 16.4 Å². The molecule has 1 unspecified atom stereocenters. The number of carbonyl (C=O) groups excluding carboxylic acids is 1. The summed E-state index contributed by atoms with van der Waals surface area (Å²) in [6.45, 7) is 3.37. The van der Waals surface area contributed by atoms with E-state index < -0.39 is 10.0 Å². The lowest BCUT2D eigenvalue weighted by Crippen LogP contribution is -2.35. The van der Waals surface area contributed by atoms with Gasteiger partial charge in [-0.15, -0.1) is 0 Å². The largest absolute Gasteiger partial charge is 0.455 e. The van der Waals surface area contributed by atoms with Gasteiger partial charge >= 0.3 is 0 Å². The van der Waals surface area contributed by atoms with Crippen molar-refractivity contribution < 1.29 is 17.6 Å². The Morgan fingerprint density at radius 2 is 1.83 bits per heavy atom. The van der Waals surface area contributed by atoms with Gasteiger partial charge in [-0.2, -0.15) is 4.31 Å². The molecular weight excluding hydrogens is 388 g/mol. The lowest BCUT2D eigenvalue weighted by atomic mass is 10.0. The molecule has 7 heteroatoms. The molecule has 1 amide bonds. The molecule has 156 valence electrons. The minimum atomic E-state index is -3.60. The van der Waals surface area contributed by atoms with Crippen molar-refractivity contribution in [2.24, 2.45) is 0 Å². The molecule has 3 heterocycles. The second kappa shape index (κ2) is 8.32. The van der Waals surface area contributed by atoms with Crippen LogP contribution in [0.25, 0.3) is 0 Å². The van der Waals surface area contributed by atoms with E-state index >= 15 is 0 Å². The molecule has 1 aromatic carbocycles. The number of furan rings is 1. The second-order valence-corrected chi connectivity index (χ2v) is 9.87. The van der Waals surface area contributed by atoms with E-state index in [0.29, 0.717) is 25.4 Å². The number of carbonyl (C=O) groups is 1. The first-order valence-electron chi connectivity index (χ1n) is 10.4. The standard InChI is InChI=1S/C22H28N2O4S/c1-17-21(29(26,27)23-13-5-6-14-23)16-20(28-17)22(25)24-15-7-10-19(24)12-11-18-8-3-2-4-9-18/h2-4,8-9,16,19H,5-7,10-15H2,1H3. The molecule has 0 radical (unpaired) electrons. The van der Waals surface area contributed by atoms with Gasteiger partial charge in [0.05, 0.1) is 0 Å². The maximum atomic E-state index is 13.1. The Morgan fingerprint density at radius 1 is 1.10 bits per heavy atom. The molecule has 4 rings (SSSR count). The van der Waals surface area contributed by atoms with Gasteiger partial charge in [-0.1, -0.05) is 30.3 Å². The first-order valence-corrected chi connectivity index (χ1v) is 11.9. The summed E-state index contributed by atoms with van der Waals surface area (Å²) in [5.74, 6) is 0.221. The van der Waals surface area contributed by atoms with Crippen LogP contribution in [0.5, 0.6) is 0 Å². The molecule has 1 aromatic heterocycles. The number of hydrogen-bond acceptors (Lipinski definition) is 4. The zero-order valence-electron chi connectivity index (χ0n) is 16.8. The number of sulfonamides is 1. The molecular formula is C22H28N2O4S. The molecule has 2 aromatic rings. The van der Waals surface area contributed by atoms with Crippen molar-refractivity contribution in [1.29, 1.82) is 0 Å². The number of amides is 1. The summed E-state index contributed by atoms with van der Waals surface area (Å²) >= 11 is 0. The van der Waals surface area contributed by atoms with Crippen molar-refractivity contribution in [2.45, 2.75) is 56.4 Å². The van der Waals surface area contributed by atoms with Crippen LogP contribution in [0.15, 0.2) is 45.7 Å². The molecule has 0 aliphatic carbocycles. The number of hydrogen-bond donors (Lipinski definition) is 0. The second-order valence-electron chi connectivity index (χ2n) is 7.96. The smallest absolute Gasteiger partial charge is 0.289 e. The number of aryl methyl sites for hydroxylation is 2. The van der Waals surface area contributed by atoms with Crippen molar-refractivity contribution >= 4 is 15.9 Å². The fourth-order valence-electron chi connectivity index (χ4n) is 4.42. The van der Waals surface area contributed by atoms with Gasteiger partial charge in [-0.3, -0.25) is 4.79 Å². The van der Waals surface area contributed by atoms with Gasteiger partial charge in [0.25, 0.3) is 5.91 Å². The molecule has 0 saturated carbocycles. The lowest BCUT2D eigenvalue weighted by Gasteiger charge is -2.23. The summed E-state index contributed by atoms with van der Waals surface area (Å²) in [6, 6.07) is 11.9. The average Bonchev–Trinajstić information content (AvgIpc) is 3.47. The van der Waals surface area contributed by atoms with Crippen molar-refractivity contribution in [3.63, 3.8) is 0 Å². The van der Waals surface area contributed by atoms with Crippen LogP contribution in [0, 0.1) is 6.92 Å². The SMILES string of the molecule is Cc1oc(C(=O)N2CCCC2CCc2ccccc2)cc1S(=O)(=O)N1CCCC1. The van der Waals surface area contributed by atoms with Gasteiger partial charge in [-0.25, -0.2) is 8.42 Å². The monoisotopic (exact) mass is 416 g/mol. The Balaban J connectivity index is 1.49. The van der Waals surface area contributed by atoms with Crippen LogP contribution < -0.4 is 0 Å². The van der Waals surface area contributed by atoms with Crippen LogP contribution in [-0.4, -0.2) is 49.2 Å². The van der Waals surface area contributed by atoms with E-state index in [2.05, 4.69) is 12.1 Å². The Bertz CT molecular complexity index is 962.